The lowest BCUT2D eigenvalue weighted by Gasteiger charge is -2.39. The van der Waals surface area contributed by atoms with Crippen LogP contribution in [0.15, 0.2) is 18.2 Å². The van der Waals surface area contributed by atoms with Gasteiger partial charge in [0.15, 0.2) is 0 Å². The highest BCUT2D eigenvalue weighted by atomic mass is 32.1. The number of aliphatic hydroxyl groups is 4. The molecule has 142 valence electrons. The number of ether oxygens (including phenoxy) is 3. The SMILES string of the molecule is CC(C)OCc1ccc(OC2OC(CO)C(O)C(O)C2O)c(NS)c1. The van der Waals surface area contributed by atoms with Crippen molar-refractivity contribution >= 4 is 18.5 Å². The smallest absolute Gasteiger partial charge is 0.229 e. The van der Waals surface area contributed by atoms with Gasteiger partial charge in [0.05, 0.1) is 25.0 Å². The van der Waals surface area contributed by atoms with Crippen LogP contribution in [0.1, 0.15) is 19.4 Å². The van der Waals surface area contributed by atoms with Gasteiger partial charge in [-0.15, -0.1) is 0 Å². The zero-order chi connectivity index (χ0) is 18.6. The van der Waals surface area contributed by atoms with E-state index in [1.165, 1.54) is 0 Å². The maximum absolute atomic E-state index is 10.0. The van der Waals surface area contributed by atoms with E-state index in [9.17, 15) is 20.4 Å². The first kappa shape index (κ1) is 20.2. The Morgan fingerprint density at radius 2 is 1.92 bits per heavy atom. The van der Waals surface area contributed by atoms with Crippen LogP contribution in [0.2, 0.25) is 0 Å². The summed E-state index contributed by atoms with van der Waals surface area (Å²) < 4.78 is 19.2. The maximum atomic E-state index is 10.0. The van der Waals surface area contributed by atoms with E-state index in [0.717, 1.165) is 5.56 Å². The van der Waals surface area contributed by atoms with Gasteiger partial charge in [-0.05, 0) is 31.5 Å². The molecule has 0 bridgehead atoms. The summed E-state index contributed by atoms with van der Waals surface area (Å²) in [5.41, 5.74) is 1.41. The van der Waals surface area contributed by atoms with E-state index in [2.05, 4.69) is 17.5 Å². The lowest BCUT2D eigenvalue weighted by atomic mass is 9.99. The van der Waals surface area contributed by atoms with Gasteiger partial charge in [-0.2, -0.15) is 0 Å². The van der Waals surface area contributed by atoms with Crippen molar-refractivity contribution < 1.29 is 34.6 Å². The largest absolute Gasteiger partial charge is 0.460 e. The average molecular weight is 375 g/mol. The van der Waals surface area contributed by atoms with Crippen LogP contribution in [0.3, 0.4) is 0 Å². The number of benzene rings is 1. The van der Waals surface area contributed by atoms with E-state index in [-0.39, 0.29) is 6.10 Å². The van der Waals surface area contributed by atoms with Crippen molar-refractivity contribution in [2.24, 2.45) is 0 Å². The molecule has 9 heteroatoms. The third-order valence-electron chi connectivity index (χ3n) is 3.84. The molecule has 0 saturated carbocycles. The Kier molecular flexibility index (Phi) is 7.32. The highest BCUT2D eigenvalue weighted by Crippen LogP contribution is 2.31. The molecule has 1 aromatic rings. The molecule has 8 nitrogen and oxygen atoms in total. The predicted molar refractivity (Wildman–Crippen MR) is 93.4 cm³/mol. The lowest BCUT2D eigenvalue weighted by Crippen LogP contribution is -2.60. The zero-order valence-corrected chi connectivity index (χ0v) is 15.0. The minimum absolute atomic E-state index is 0.0949. The van der Waals surface area contributed by atoms with Gasteiger partial charge in [-0.1, -0.05) is 18.9 Å². The van der Waals surface area contributed by atoms with E-state index >= 15 is 0 Å². The highest BCUT2D eigenvalue weighted by Gasteiger charge is 2.44. The second-order valence-electron chi connectivity index (χ2n) is 6.12. The molecule has 5 atom stereocenters. The zero-order valence-electron chi connectivity index (χ0n) is 14.1. The van der Waals surface area contributed by atoms with Crippen molar-refractivity contribution in [3.05, 3.63) is 23.8 Å². The first-order chi connectivity index (χ1) is 11.9. The summed E-state index contributed by atoms with van der Waals surface area (Å²) >= 11 is 4.04. The molecule has 0 aliphatic carbocycles. The summed E-state index contributed by atoms with van der Waals surface area (Å²) in [7, 11) is 0. The molecule has 2 rings (SSSR count). The fourth-order valence-electron chi connectivity index (χ4n) is 2.41. The Hall–Kier alpha value is -1.07. The van der Waals surface area contributed by atoms with Crippen LogP contribution in [0.4, 0.5) is 5.69 Å². The van der Waals surface area contributed by atoms with Crippen molar-refractivity contribution in [1.82, 2.24) is 0 Å². The molecular weight excluding hydrogens is 350 g/mol. The Bertz CT molecular complexity index is 557. The predicted octanol–water partition coefficient (Wildman–Crippen LogP) is 0.0470. The monoisotopic (exact) mass is 375 g/mol. The third-order valence-corrected chi connectivity index (χ3v) is 4.08. The van der Waals surface area contributed by atoms with Gasteiger partial charge in [-0.3, -0.25) is 0 Å². The van der Waals surface area contributed by atoms with Crippen molar-refractivity contribution in [2.45, 2.75) is 57.3 Å². The second-order valence-corrected chi connectivity index (χ2v) is 6.34. The molecular formula is C16H25NO7S. The molecule has 5 unspecified atom stereocenters. The van der Waals surface area contributed by atoms with Gasteiger partial charge < -0.3 is 39.4 Å². The van der Waals surface area contributed by atoms with Gasteiger partial charge >= 0.3 is 0 Å². The summed E-state index contributed by atoms with van der Waals surface area (Å²) in [5, 5.41) is 38.9. The molecule has 0 aromatic heterocycles. The van der Waals surface area contributed by atoms with E-state index in [4.69, 9.17) is 14.2 Å². The Labute approximate surface area is 151 Å². The van der Waals surface area contributed by atoms with Crippen LogP contribution >= 0.6 is 12.8 Å². The number of hydrogen-bond donors (Lipinski definition) is 6. The molecule has 0 radical (unpaired) electrons. The molecule has 0 amide bonds. The fraction of sp³-hybridized carbons (Fsp3) is 0.625. The lowest BCUT2D eigenvalue weighted by molar-refractivity contribution is -0.277. The highest BCUT2D eigenvalue weighted by molar-refractivity contribution is 7.81. The van der Waals surface area contributed by atoms with E-state index in [1.807, 2.05) is 13.8 Å². The van der Waals surface area contributed by atoms with Crippen molar-refractivity contribution in [1.29, 1.82) is 0 Å². The van der Waals surface area contributed by atoms with Gasteiger partial charge in [0.25, 0.3) is 0 Å². The van der Waals surface area contributed by atoms with Gasteiger partial charge in [-0.25, -0.2) is 0 Å². The molecule has 5 N–H and O–H groups in total. The Balaban J connectivity index is 2.12. The Morgan fingerprint density at radius 3 is 2.52 bits per heavy atom. The van der Waals surface area contributed by atoms with Crippen LogP contribution in [0.5, 0.6) is 5.75 Å². The summed E-state index contributed by atoms with van der Waals surface area (Å²) in [4.78, 5) is 0. The average Bonchev–Trinajstić information content (AvgIpc) is 2.60. The number of aliphatic hydroxyl groups excluding tert-OH is 4. The van der Waals surface area contributed by atoms with Gasteiger partial charge in [0, 0.05) is 0 Å². The summed E-state index contributed by atoms with van der Waals surface area (Å²) in [5.74, 6) is 0.327. The maximum Gasteiger partial charge on any atom is 0.229 e. The number of nitrogens with one attached hydrogen (secondary N) is 1. The normalized spacial score (nSPS) is 29.7. The van der Waals surface area contributed by atoms with Crippen LogP contribution in [0, 0.1) is 0 Å². The first-order valence-electron chi connectivity index (χ1n) is 7.99. The summed E-state index contributed by atoms with van der Waals surface area (Å²) in [6.45, 7) is 3.77. The Morgan fingerprint density at radius 1 is 1.20 bits per heavy atom. The van der Waals surface area contributed by atoms with E-state index < -0.39 is 37.3 Å². The van der Waals surface area contributed by atoms with Crippen molar-refractivity contribution in [3.63, 3.8) is 0 Å². The number of hydrogen-bond acceptors (Lipinski definition) is 9. The van der Waals surface area contributed by atoms with Crippen LogP contribution < -0.4 is 9.46 Å². The van der Waals surface area contributed by atoms with Gasteiger partial charge in [0.2, 0.25) is 6.29 Å². The second kappa shape index (κ2) is 9.04. The quantitative estimate of drug-likeness (QED) is 0.370. The molecule has 1 aliphatic heterocycles. The minimum Gasteiger partial charge on any atom is -0.460 e. The topological polar surface area (TPSA) is 121 Å². The number of anilines is 1. The van der Waals surface area contributed by atoms with Crippen molar-refractivity contribution in [3.8, 4) is 5.75 Å². The van der Waals surface area contributed by atoms with Gasteiger partial charge in [0.1, 0.15) is 30.2 Å². The van der Waals surface area contributed by atoms with Crippen LogP contribution in [-0.4, -0.2) is 63.8 Å². The molecule has 1 aromatic carbocycles. The number of rotatable bonds is 7. The van der Waals surface area contributed by atoms with Crippen LogP contribution in [-0.2, 0) is 16.1 Å². The standard InChI is InChI=1S/C16H25NO7S/c1-8(2)22-7-9-3-4-11(10(5-9)17-25)23-16-15(21)14(20)13(19)12(6-18)24-16/h3-5,8,12-21,25H,6-7H2,1-2H3. The first-order valence-corrected chi connectivity index (χ1v) is 8.44. The van der Waals surface area contributed by atoms with Crippen molar-refractivity contribution in [2.75, 3.05) is 11.3 Å². The molecule has 1 heterocycles. The summed E-state index contributed by atoms with van der Waals surface area (Å²) in [6, 6.07) is 5.21. The third kappa shape index (κ3) is 4.98. The molecule has 1 saturated heterocycles. The minimum atomic E-state index is -1.50. The van der Waals surface area contributed by atoms with E-state index in [0.29, 0.717) is 18.0 Å². The molecule has 1 aliphatic rings. The molecule has 0 spiro atoms. The van der Waals surface area contributed by atoms with E-state index in [1.54, 1.807) is 18.2 Å². The summed E-state index contributed by atoms with van der Waals surface area (Å²) in [6.07, 6.45) is -6.60. The molecule has 25 heavy (non-hydrogen) atoms. The number of thiol groups is 1. The fourth-order valence-corrected chi connectivity index (χ4v) is 2.58. The van der Waals surface area contributed by atoms with Crippen LogP contribution in [0.25, 0.3) is 0 Å². The molecule has 1 fully saturated rings.